The van der Waals surface area contributed by atoms with Gasteiger partial charge >= 0.3 is 5.69 Å². The Hall–Kier alpha value is -2.28. The van der Waals surface area contributed by atoms with Crippen molar-refractivity contribution in [1.29, 1.82) is 0 Å². The summed E-state index contributed by atoms with van der Waals surface area (Å²) < 4.78 is 11.6. The van der Waals surface area contributed by atoms with E-state index in [1.54, 1.807) is 6.07 Å². The Morgan fingerprint density at radius 3 is 2.75 bits per heavy atom. The number of halogens is 1. The molecule has 0 aromatic carbocycles. The Labute approximate surface area is 118 Å². The van der Waals surface area contributed by atoms with Crippen LogP contribution in [-0.4, -0.2) is 28.8 Å². The minimum absolute atomic E-state index is 0.0773. The second-order valence-corrected chi connectivity index (χ2v) is 4.26. The van der Waals surface area contributed by atoms with E-state index >= 15 is 0 Å². The van der Waals surface area contributed by atoms with Gasteiger partial charge in [-0.3, -0.25) is 19.3 Å². The number of rotatable bonds is 4. The molecule has 0 unspecified atom stereocenters. The molecule has 0 bridgehead atoms. The summed E-state index contributed by atoms with van der Waals surface area (Å²) in [6.45, 7) is 0.0930. The van der Waals surface area contributed by atoms with Crippen LogP contribution < -0.4 is 20.7 Å². The van der Waals surface area contributed by atoms with Crippen LogP contribution in [0.5, 0.6) is 11.5 Å². The summed E-state index contributed by atoms with van der Waals surface area (Å²) in [4.78, 5) is 29.2. The number of methoxy groups -OCH3 is 2. The van der Waals surface area contributed by atoms with Crippen molar-refractivity contribution in [2.45, 2.75) is 6.54 Å². The van der Waals surface area contributed by atoms with Crippen molar-refractivity contribution < 1.29 is 9.47 Å². The van der Waals surface area contributed by atoms with Crippen LogP contribution in [0.4, 0.5) is 0 Å². The van der Waals surface area contributed by atoms with Crippen LogP contribution in [0, 0.1) is 0 Å². The maximum Gasteiger partial charge on any atom is 0.328 e. The zero-order chi connectivity index (χ0) is 14.7. The van der Waals surface area contributed by atoms with Crippen molar-refractivity contribution in [2.75, 3.05) is 14.2 Å². The number of nitrogens with zero attached hydrogens (tertiary/aromatic N) is 2. The fourth-order valence-corrected chi connectivity index (χ4v) is 1.89. The van der Waals surface area contributed by atoms with Gasteiger partial charge in [-0.1, -0.05) is 11.6 Å². The molecule has 0 aliphatic rings. The number of ether oxygens (including phenoxy) is 2. The highest BCUT2D eigenvalue weighted by molar-refractivity contribution is 6.30. The Morgan fingerprint density at radius 1 is 1.35 bits per heavy atom. The van der Waals surface area contributed by atoms with Crippen molar-refractivity contribution >= 4 is 11.6 Å². The summed E-state index contributed by atoms with van der Waals surface area (Å²) in [5.41, 5.74) is -0.721. The van der Waals surface area contributed by atoms with E-state index in [0.29, 0.717) is 17.2 Å². The van der Waals surface area contributed by atoms with Gasteiger partial charge in [0, 0.05) is 18.5 Å². The van der Waals surface area contributed by atoms with Crippen LogP contribution in [0.3, 0.4) is 0 Å². The van der Waals surface area contributed by atoms with Crippen molar-refractivity contribution in [2.24, 2.45) is 0 Å². The van der Waals surface area contributed by atoms with Crippen LogP contribution in [0.1, 0.15) is 5.69 Å². The highest BCUT2D eigenvalue weighted by Gasteiger charge is 2.13. The van der Waals surface area contributed by atoms with Crippen molar-refractivity contribution in [3.63, 3.8) is 0 Å². The lowest BCUT2D eigenvalue weighted by Gasteiger charge is -2.12. The molecule has 0 atom stereocenters. The summed E-state index contributed by atoms with van der Waals surface area (Å²) >= 11 is 5.70. The third kappa shape index (κ3) is 2.67. The van der Waals surface area contributed by atoms with Gasteiger partial charge in [0.05, 0.1) is 20.8 Å². The van der Waals surface area contributed by atoms with E-state index in [9.17, 15) is 9.59 Å². The fraction of sp³-hybridized carbons (Fsp3) is 0.250. The SMILES string of the molecule is COc1ccnc(Cn2cc(Cl)c(=O)[nH]c2=O)c1OC. The van der Waals surface area contributed by atoms with Crippen molar-refractivity contribution in [3.8, 4) is 11.5 Å². The van der Waals surface area contributed by atoms with Gasteiger partial charge in [0.1, 0.15) is 10.7 Å². The Morgan fingerprint density at radius 2 is 2.10 bits per heavy atom. The first-order valence-electron chi connectivity index (χ1n) is 5.62. The fourth-order valence-electron chi connectivity index (χ4n) is 1.72. The van der Waals surface area contributed by atoms with Gasteiger partial charge in [-0.25, -0.2) is 4.79 Å². The molecular weight excluding hydrogens is 286 g/mol. The Bertz CT molecular complexity index is 738. The summed E-state index contributed by atoms with van der Waals surface area (Å²) in [5, 5.41) is -0.0773. The summed E-state index contributed by atoms with van der Waals surface area (Å²) in [6, 6.07) is 1.64. The molecule has 0 radical (unpaired) electrons. The Balaban J connectivity index is 2.48. The summed E-state index contributed by atoms with van der Waals surface area (Å²) in [7, 11) is 2.98. The molecule has 7 nitrogen and oxygen atoms in total. The zero-order valence-corrected chi connectivity index (χ0v) is 11.6. The maximum absolute atomic E-state index is 11.7. The standard InChI is InChI=1S/C12H12ClN3O4/c1-19-9-3-4-14-8(10(9)20-2)6-16-5-7(13)11(17)15-12(16)18/h3-5H,6H2,1-2H3,(H,15,17,18). The molecule has 0 saturated carbocycles. The molecule has 0 aliphatic heterocycles. The second kappa shape index (κ2) is 5.79. The number of aromatic amines is 1. The molecule has 0 amide bonds. The molecular formula is C12H12ClN3O4. The lowest BCUT2D eigenvalue weighted by Crippen LogP contribution is -2.30. The lowest BCUT2D eigenvalue weighted by atomic mass is 10.3. The van der Waals surface area contributed by atoms with E-state index in [-0.39, 0.29) is 11.6 Å². The largest absolute Gasteiger partial charge is 0.493 e. The molecule has 2 heterocycles. The van der Waals surface area contributed by atoms with E-state index in [1.807, 2.05) is 0 Å². The quantitative estimate of drug-likeness (QED) is 0.895. The van der Waals surface area contributed by atoms with Crippen molar-refractivity contribution in [3.05, 3.63) is 50.0 Å². The molecule has 20 heavy (non-hydrogen) atoms. The molecule has 2 aromatic heterocycles. The average Bonchev–Trinajstić information content (AvgIpc) is 2.44. The number of hydrogen-bond donors (Lipinski definition) is 1. The van der Waals surface area contributed by atoms with Crippen LogP contribution in [0.25, 0.3) is 0 Å². The summed E-state index contributed by atoms with van der Waals surface area (Å²) in [6.07, 6.45) is 2.79. The lowest BCUT2D eigenvalue weighted by molar-refractivity contribution is 0.348. The van der Waals surface area contributed by atoms with E-state index in [2.05, 4.69) is 9.97 Å². The molecule has 0 saturated heterocycles. The number of pyridine rings is 1. The van der Waals surface area contributed by atoms with Gasteiger partial charge in [-0.05, 0) is 0 Å². The second-order valence-electron chi connectivity index (χ2n) is 3.86. The van der Waals surface area contributed by atoms with Crippen LogP contribution in [0.15, 0.2) is 28.0 Å². The minimum atomic E-state index is -0.626. The van der Waals surface area contributed by atoms with Gasteiger partial charge in [0.15, 0.2) is 11.5 Å². The number of nitrogens with one attached hydrogen (secondary N) is 1. The van der Waals surface area contributed by atoms with Gasteiger partial charge in [0.25, 0.3) is 5.56 Å². The van der Waals surface area contributed by atoms with E-state index < -0.39 is 11.2 Å². The normalized spacial score (nSPS) is 10.3. The number of hydrogen-bond acceptors (Lipinski definition) is 5. The minimum Gasteiger partial charge on any atom is -0.493 e. The molecule has 106 valence electrons. The first-order valence-corrected chi connectivity index (χ1v) is 5.99. The monoisotopic (exact) mass is 297 g/mol. The first-order chi connectivity index (χ1) is 9.56. The maximum atomic E-state index is 11.7. The highest BCUT2D eigenvalue weighted by Crippen LogP contribution is 2.29. The number of H-pyrrole nitrogens is 1. The molecule has 2 aromatic rings. The predicted molar refractivity (Wildman–Crippen MR) is 72.8 cm³/mol. The van der Waals surface area contributed by atoms with Crippen LogP contribution in [-0.2, 0) is 6.54 Å². The molecule has 8 heteroatoms. The topological polar surface area (TPSA) is 86.2 Å². The third-order valence-electron chi connectivity index (χ3n) is 2.65. The first kappa shape index (κ1) is 14.1. The summed E-state index contributed by atoms with van der Waals surface area (Å²) in [5.74, 6) is 0.922. The van der Waals surface area contributed by atoms with Gasteiger partial charge in [-0.15, -0.1) is 0 Å². The van der Waals surface area contributed by atoms with Gasteiger partial charge in [0.2, 0.25) is 0 Å². The van der Waals surface area contributed by atoms with Gasteiger partial charge < -0.3 is 9.47 Å². The molecule has 0 spiro atoms. The van der Waals surface area contributed by atoms with E-state index in [0.717, 1.165) is 0 Å². The molecule has 1 N–H and O–H groups in total. The van der Waals surface area contributed by atoms with E-state index in [1.165, 1.54) is 31.2 Å². The smallest absolute Gasteiger partial charge is 0.328 e. The zero-order valence-electron chi connectivity index (χ0n) is 10.8. The Kier molecular flexibility index (Phi) is 4.09. The third-order valence-corrected chi connectivity index (χ3v) is 2.92. The van der Waals surface area contributed by atoms with Crippen LogP contribution in [0.2, 0.25) is 5.02 Å². The van der Waals surface area contributed by atoms with Crippen molar-refractivity contribution in [1.82, 2.24) is 14.5 Å². The molecule has 0 aliphatic carbocycles. The predicted octanol–water partition coefficient (Wildman–Crippen LogP) is 0.650. The van der Waals surface area contributed by atoms with E-state index in [4.69, 9.17) is 21.1 Å². The molecule has 0 fully saturated rings. The highest BCUT2D eigenvalue weighted by atomic mass is 35.5. The molecule has 2 rings (SSSR count). The average molecular weight is 298 g/mol. The van der Waals surface area contributed by atoms with Gasteiger partial charge in [-0.2, -0.15) is 0 Å². The van der Waals surface area contributed by atoms with Crippen LogP contribution >= 0.6 is 11.6 Å². The number of aromatic nitrogens is 3.